The molecule has 0 unspecified atom stereocenters. The number of halogens is 1. The predicted octanol–water partition coefficient (Wildman–Crippen LogP) is 3.75. The predicted molar refractivity (Wildman–Crippen MR) is 69.6 cm³/mol. The van der Waals surface area contributed by atoms with E-state index in [9.17, 15) is 4.39 Å². The number of hydrogen-bond donors (Lipinski definition) is 1. The smallest absolute Gasteiger partial charge is 0.175 e. The van der Waals surface area contributed by atoms with Crippen LogP contribution in [0.2, 0.25) is 0 Å². The zero-order valence-corrected chi connectivity index (χ0v) is 10.8. The summed E-state index contributed by atoms with van der Waals surface area (Å²) in [5.74, 6) is 0.817. The lowest BCUT2D eigenvalue weighted by Gasteiger charge is -2.20. The minimum absolute atomic E-state index is 0.158. The van der Waals surface area contributed by atoms with Crippen LogP contribution < -0.4 is 5.73 Å². The first-order chi connectivity index (χ1) is 8.45. The maximum Gasteiger partial charge on any atom is 0.175 e. The molecule has 0 aliphatic carbocycles. The van der Waals surface area contributed by atoms with Crippen molar-refractivity contribution in [1.29, 1.82) is 0 Å². The van der Waals surface area contributed by atoms with E-state index >= 15 is 0 Å². The molecule has 0 aliphatic rings. The van der Waals surface area contributed by atoms with Gasteiger partial charge < -0.3 is 10.3 Å². The van der Waals surface area contributed by atoms with Crippen LogP contribution in [-0.4, -0.2) is 5.16 Å². The molecule has 3 nitrogen and oxygen atoms in total. The lowest BCUT2D eigenvalue weighted by atomic mass is 9.83. The van der Waals surface area contributed by atoms with Gasteiger partial charge >= 0.3 is 0 Å². The van der Waals surface area contributed by atoms with Gasteiger partial charge in [-0.2, -0.15) is 0 Å². The average molecular weight is 248 g/mol. The highest BCUT2D eigenvalue weighted by molar-refractivity contribution is 5.76. The molecule has 96 valence electrons. The summed E-state index contributed by atoms with van der Waals surface area (Å²) < 4.78 is 18.3. The molecule has 0 amide bonds. The van der Waals surface area contributed by atoms with E-state index in [0.29, 0.717) is 5.82 Å². The zero-order valence-electron chi connectivity index (χ0n) is 10.8. The van der Waals surface area contributed by atoms with Crippen molar-refractivity contribution in [3.05, 3.63) is 35.8 Å². The summed E-state index contributed by atoms with van der Waals surface area (Å²) in [6.07, 6.45) is 0.899. The Bertz CT molecular complexity index is 543. The molecule has 18 heavy (non-hydrogen) atoms. The van der Waals surface area contributed by atoms with Gasteiger partial charge in [-0.1, -0.05) is 38.1 Å². The van der Waals surface area contributed by atoms with Crippen molar-refractivity contribution in [3.8, 4) is 11.1 Å². The van der Waals surface area contributed by atoms with Gasteiger partial charge in [0.2, 0.25) is 0 Å². The van der Waals surface area contributed by atoms with Crippen molar-refractivity contribution < 1.29 is 8.91 Å². The molecule has 0 bridgehead atoms. The van der Waals surface area contributed by atoms with E-state index in [1.54, 1.807) is 12.1 Å². The normalized spacial score (nSPS) is 11.8. The number of rotatable bonds is 3. The molecular weight excluding hydrogens is 231 g/mol. The van der Waals surface area contributed by atoms with Crippen molar-refractivity contribution in [1.82, 2.24) is 5.16 Å². The number of nitrogens with two attached hydrogens (primary N) is 1. The number of hydrogen-bond acceptors (Lipinski definition) is 3. The Morgan fingerprint density at radius 2 is 1.89 bits per heavy atom. The molecule has 1 heterocycles. The number of benzene rings is 1. The monoisotopic (exact) mass is 248 g/mol. The van der Waals surface area contributed by atoms with E-state index in [1.807, 2.05) is 0 Å². The summed E-state index contributed by atoms with van der Waals surface area (Å²) in [5, 5.41) is 3.84. The highest BCUT2D eigenvalue weighted by Crippen LogP contribution is 2.38. The van der Waals surface area contributed by atoms with Crippen molar-refractivity contribution in [2.75, 3.05) is 5.73 Å². The summed E-state index contributed by atoms with van der Waals surface area (Å²) >= 11 is 0. The largest absolute Gasteiger partial charge is 0.380 e. The van der Waals surface area contributed by atoms with Crippen LogP contribution in [-0.2, 0) is 5.41 Å². The summed E-state index contributed by atoms with van der Waals surface area (Å²) in [4.78, 5) is 0. The molecule has 0 radical (unpaired) electrons. The van der Waals surface area contributed by atoms with E-state index in [0.717, 1.165) is 23.3 Å². The number of nitrogen functional groups attached to an aromatic ring is 1. The van der Waals surface area contributed by atoms with Gasteiger partial charge in [0, 0.05) is 5.41 Å². The van der Waals surface area contributed by atoms with Gasteiger partial charge in [-0.3, -0.25) is 0 Å². The van der Waals surface area contributed by atoms with Crippen LogP contribution in [0.15, 0.2) is 28.8 Å². The van der Waals surface area contributed by atoms with Gasteiger partial charge in [0.15, 0.2) is 11.6 Å². The maximum absolute atomic E-state index is 13.0. The van der Waals surface area contributed by atoms with Crippen molar-refractivity contribution >= 4 is 5.82 Å². The van der Waals surface area contributed by atoms with Crippen molar-refractivity contribution in [3.63, 3.8) is 0 Å². The van der Waals surface area contributed by atoms with Gasteiger partial charge in [0.05, 0.1) is 5.56 Å². The quantitative estimate of drug-likeness (QED) is 0.900. The minimum Gasteiger partial charge on any atom is -0.380 e. The third kappa shape index (κ3) is 2.10. The standard InChI is InChI=1S/C14H17FN2O/c1-4-14(2,3)12-11(13(16)17-18-12)9-5-7-10(15)8-6-9/h5-8H,4H2,1-3H3,(H2,16,17). The third-order valence-electron chi connectivity index (χ3n) is 3.35. The number of anilines is 1. The fraction of sp³-hybridized carbons (Fsp3) is 0.357. The topological polar surface area (TPSA) is 52.0 Å². The second kappa shape index (κ2) is 4.44. The Labute approximate surface area is 106 Å². The average Bonchev–Trinajstić information content (AvgIpc) is 2.73. The van der Waals surface area contributed by atoms with Crippen LogP contribution in [0.1, 0.15) is 33.0 Å². The first-order valence-corrected chi connectivity index (χ1v) is 5.97. The minimum atomic E-state index is -0.273. The second-order valence-electron chi connectivity index (χ2n) is 5.02. The van der Waals surface area contributed by atoms with Gasteiger partial charge in [0.25, 0.3) is 0 Å². The Morgan fingerprint density at radius 1 is 1.28 bits per heavy atom. The maximum atomic E-state index is 13.0. The summed E-state index contributed by atoms with van der Waals surface area (Å²) in [6.45, 7) is 6.22. The Kier molecular flexibility index (Phi) is 3.11. The van der Waals surface area contributed by atoms with Crippen LogP contribution in [0.25, 0.3) is 11.1 Å². The van der Waals surface area contributed by atoms with Crippen molar-refractivity contribution in [2.24, 2.45) is 0 Å². The van der Waals surface area contributed by atoms with Gasteiger partial charge in [-0.05, 0) is 24.1 Å². The molecule has 2 rings (SSSR count). The van der Waals surface area contributed by atoms with E-state index < -0.39 is 0 Å². The molecule has 4 heteroatoms. The molecule has 0 saturated heterocycles. The summed E-state index contributed by atoms with van der Waals surface area (Å²) in [6, 6.07) is 6.19. The fourth-order valence-electron chi connectivity index (χ4n) is 1.82. The van der Waals surface area contributed by atoms with E-state index in [2.05, 4.69) is 25.9 Å². The molecule has 0 atom stereocenters. The molecular formula is C14H17FN2O. The Balaban J connectivity index is 2.57. The molecule has 2 aromatic rings. The Hall–Kier alpha value is -1.84. The summed E-state index contributed by atoms with van der Waals surface area (Å²) in [7, 11) is 0. The van der Waals surface area contributed by atoms with Gasteiger partial charge in [0.1, 0.15) is 5.82 Å². The first-order valence-electron chi connectivity index (χ1n) is 5.97. The second-order valence-corrected chi connectivity index (χ2v) is 5.02. The number of nitrogens with zero attached hydrogens (tertiary/aromatic N) is 1. The molecule has 0 saturated carbocycles. The van der Waals surface area contributed by atoms with E-state index in [-0.39, 0.29) is 11.2 Å². The lowest BCUT2D eigenvalue weighted by Crippen LogP contribution is -2.15. The zero-order chi connectivity index (χ0) is 13.3. The molecule has 0 spiro atoms. The highest BCUT2D eigenvalue weighted by atomic mass is 19.1. The van der Waals surface area contributed by atoms with Crippen LogP contribution in [0, 0.1) is 5.82 Å². The molecule has 1 aromatic carbocycles. The molecule has 0 fully saturated rings. The SMILES string of the molecule is CCC(C)(C)c1onc(N)c1-c1ccc(F)cc1. The molecule has 1 aromatic heterocycles. The van der Waals surface area contributed by atoms with E-state index in [4.69, 9.17) is 10.3 Å². The van der Waals surface area contributed by atoms with Crippen molar-refractivity contribution in [2.45, 2.75) is 32.6 Å². The first kappa shape index (κ1) is 12.6. The van der Waals surface area contributed by atoms with Crippen LogP contribution >= 0.6 is 0 Å². The number of aromatic nitrogens is 1. The molecule has 0 aliphatic heterocycles. The third-order valence-corrected chi connectivity index (χ3v) is 3.35. The highest BCUT2D eigenvalue weighted by Gasteiger charge is 2.29. The van der Waals surface area contributed by atoms with Gasteiger partial charge in [-0.25, -0.2) is 4.39 Å². The van der Waals surface area contributed by atoms with Crippen LogP contribution in [0.5, 0.6) is 0 Å². The van der Waals surface area contributed by atoms with Gasteiger partial charge in [-0.15, -0.1) is 0 Å². The molecule has 2 N–H and O–H groups in total. The van der Waals surface area contributed by atoms with E-state index in [1.165, 1.54) is 12.1 Å². The summed E-state index contributed by atoms with van der Waals surface area (Å²) in [5.41, 5.74) is 7.30. The Morgan fingerprint density at radius 3 is 2.44 bits per heavy atom. The van der Waals surface area contributed by atoms with Crippen LogP contribution in [0.3, 0.4) is 0 Å². The van der Waals surface area contributed by atoms with Crippen LogP contribution in [0.4, 0.5) is 10.2 Å². The lowest BCUT2D eigenvalue weighted by molar-refractivity contribution is 0.313. The fourth-order valence-corrected chi connectivity index (χ4v) is 1.82.